The molecular formula is C12H17BrN4O2. The lowest BCUT2D eigenvalue weighted by Crippen LogP contribution is -2.43. The van der Waals surface area contributed by atoms with Crippen LogP contribution in [0.2, 0.25) is 0 Å². The largest absolute Gasteiger partial charge is 0.383 e. The van der Waals surface area contributed by atoms with Gasteiger partial charge in [0.15, 0.2) is 0 Å². The van der Waals surface area contributed by atoms with Crippen molar-refractivity contribution in [3.05, 3.63) is 22.3 Å². The molecule has 0 aromatic carbocycles. The van der Waals surface area contributed by atoms with Gasteiger partial charge in [-0.05, 0) is 35.8 Å². The van der Waals surface area contributed by atoms with Gasteiger partial charge in [-0.3, -0.25) is 9.59 Å². The maximum Gasteiger partial charge on any atom is 0.255 e. The topological polar surface area (TPSA) is 97.1 Å². The van der Waals surface area contributed by atoms with Gasteiger partial charge in [-0.25, -0.2) is 4.98 Å². The molecule has 4 N–H and O–H groups in total. The Bertz CT molecular complexity index is 503. The van der Waals surface area contributed by atoms with Crippen molar-refractivity contribution in [3.63, 3.8) is 0 Å². The number of halogens is 1. The minimum atomic E-state index is -0.696. The van der Waals surface area contributed by atoms with Crippen molar-refractivity contribution in [3.8, 4) is 0 Å². The van der Waals surface area contributed by atoms with Crippen LogP contribution in [-0.4, -0.2) is 30.4 Å². The van der Waals surface area contributed by atoms with Gasteiger partial charge in [-0.2, -0.15) is 0 Å². The van der Waals surface area contributed by atoms with Gasteiger partial charge in [0.05, 0.1) is 11.0 Å². The first-order chi connectivity index (χ1) is 8.77. The average molecular weight is 329 g/mol. The molecule has 1 heterocycles. The number of nitrogens with one attached hydrogen (secondary N) is 2. The molecule has 1 aromatic heterocycles. The lowest BCUT2D eigenvalue weighted by Gasteiger charge is -2.22. The molecule has 0 saturated carbocycles. The Morgan fingerprint density at radius 2 is 2.11 bits per heavy atom. The molecule has 0 aliphatic rings. The number of anilines is 1. The van der Waals surface area contributed by atoms with Crippen molar-refractivity contribution in [2.24, 2.45) is 5.41 Å². The molecule has 0 aliphatic heterocycles. The van der Waals surface area contributed by atoms with E-state index < -0.39 is 5.41 Å². The Labute approximate surface area is 120 Å². The van der Waals surface area contributed by atoms with Gasteiger partial charge in [0.2, 0.25) is 5.91 Å². The maximum absolute atomic E-state index is 12.0. The zero-order chi connectivity index (χ0) is 14.6. The summed E-state index contributed by atoms with van der Waals surface area (Å²) < 4.78 is 0.664. The van der Waals surface area contributed by atoms with E-state index in [0.29, 0.717) is 4.47 Å². The zero-order valence-electron chi connectivity index (χ0n) is 11.1. The first-order valence-electron chi connectivity index (χ1n) is 5.69. The summed E-state index contributed by atoms with van der Waals surface area (Å²) in [6.45, 7) is 3.70. The number of amides is 2. The van der Waals surface area contributed by atoms with Crippen LogP contribution in [0.1, 0.15) is 24.2 Å². The first-order valence-corrected chi connectivity index (χ1v) is 6.48. The Kier molecular flexibility index (Phi) is 4.88. The normalized spacial score (nSPS) is 10.9. The molecule has 0 unspecified atom stereocenters. The molecule has 6 nitrogen and oxygen atoms in total. The molecule has 19 heavy (non-hydrogen) atoms. The molecule has 0 spiro atoms. The summed E-state index contributed by atoms with van der Waals surface area (Å²) in [5.41, 5.74) is 5.23. The third-order valence-corrected chi connectivity index (χ3v) is 3.10. The van der Waals surface area contributed by atoms with Crippen LogP contribution in [0.15, 0.2) is 16.7 Å². The summed E-state index contributed by atoms with van der Waals surface area (Å²) in [5, 5.41) is 5.24. The van der Waals surface area contributed by atoms with Gasteiger partial charge >= 0.3 is 0 Å². The summed E-state index contributed by atoms with van der Waals surface area (Å²) in [4.78, 5) is 27.5. The highest BCUT2D eigenvalue weighted by atomic mass is 79.9. The van der Waals surface area contributed by atoms with Crippen LogP contribution in [0, 0.1) is 5.41 Å². The Hall–Kier alpha value is -1.63. The van der Waals surface area contributed by atoms with Crippen molar-refractivity contribution < 1.29 is 9.59 Å². The fourth-order valence-electron chi connectivity index (χ4n) is 1.45. The second kappa shape index (κ2) is 6.01. The first kappa shape index (κ1) is 15.4. The van der Waals surface area contributed by atoms with Crippen molar-refractivity contribution >= 4 is 33.6 Å². The van der Waals surface area contributed by atoms with Crippen LogP contribution < -0.4 is 16.4 Å². The molecule has 2 amide bonds. The number of hydrogen-bond acceptors (Lipinski definition) is 4. The van der Waals surface area contributed by atoms with Gasteiger partial charge < -0.3 is 16.4 Å². The van der Waals surface area contributed by atoms with Crippen LogP contribution in [0.5, 0.6) is 0 Å². The lowest BCUT2D eigenvalue weighted by molar-refractivity contribution is -0.128. The van der Waals surface area contributed by atoms with E-state index in [2.05, 4.69) is 31.5 Å². The number of nitrogens with zero attached hydrogens (tertiary/aromatic N) is 1. The fraction of sp³-hybridized carbons (Fsp3) is 0.417. The monoisotopic (exact) mass is 328 g/mol. The fourth-order valence-corrected chi connectivity index (χ4v) is 1.78. The number of nitrogen functional groups attached to an aromatic ring is 1. The summed E-state index contributed by atoms with van der Waals surface area (Å²) in [5.74, 6) is -0.352. The standard InChI is InChI=1S/C12H17BrN4O2/c1-12(2,11(19)15-3)6-17-10(18)8-4-7(13)5-16-9(8)14/h4-5H,6H2,1-3H3,(H2,14,16)(H,15,19)(H,17,18). The summed E-state index contributed by atoms with van der Waals surface area (Å²) in [6, 6.07) is 1.59. The highest BCUT2D eigenvalue weighted by Gasteiger charge is 2.27. The van der Waals surface area contributed by atoms with E-state index in [1.807, 2.05) is 0 Å². The number of pyridine rings is 1. The SMILES string of the molecule is CNC(=O)C(C)(C)CNC(=O)c1cc(Br)cnc1N. The van der Waals surface area contributed by atoms with E-state index in [-0.39, 0.29) is 29.7 Å². The molecule has 7 heteroatoms. The van der Waals surface area contributed by atoms with E-state index in [1.165, 1.54) is 6.20 Å². The molecule has 104 valence electrons. The number of aromatic nitrogens is 1. The Morgan fingerprint density at radius 1 is 1.47 bits per heavy atom. The number of rotatable bonds is 4. The molecule has 0 saturated heterocycles. The zero-order valence-corrected chi connectivity index (χ0v) is 12.7. The number of nitrogens with two attached hydrogens (primary N) is 1. The van der Waals surface area contributed by atoms with Crippen molar-refractivity contribution in [1.82, 2.24) is 15.6 Å². The van der Waals surface area contributed by atoms with Gasteiger partial charge in [0.1, 0.15) is 5.82 Å². The smallest absolute Gasteiger partial charge is 0.255 e. The van der Waals surface area contributed by atoms with E-state index >= 15 is 0 Å². The number of carbonyl (C=O) groups is 2. The average Bonchev–Trinajstić information content (AvgIpc) is 2.37. The quantitative estimate of drug-likeness (QED) is 0.765. The van der Waals surface area contributed by atoms with E-state index in [4.69, 9.17) is 5.73 Å². The Morgan fingerprint density at radius 3 is 2.68 bits per heavy atom. The van der Waals surface area contributed by atoms with Gasteiger partial charge in [-0.15, -0.1) is 0 Å². The predicted molar refractivity (Wildman–Crippen MR) is 76.5 cm³/mol. The molecule has 0 aliphatic carbocycles. The molecule has 0 fully saturated rings. The minimum absolute atomic E-state index is 0.145. The second-order valence-corrected chi connectivity index (χ2v) is 5.65. The highest BCUT2D eigenvalue weighted by Crippen LogP contribution is 2.17. The van der Waals surface area contributed by atoms with Gasteiger partial charge in [0, 0.05) is 24.3 Å². The van der Waals surface area contributed by atoms with E-state index in [0.717, 1.165) is 0 Å². The van der Waals surface area contributed by atoms with E-state index in [1.54, 1.807) is 27.0 Å². The van der Waals surface area contributed by atoms with Crippen LogP contribution in [0.4, 0.5) is 5.82 Å². The second-order valence-electron chi connectivity index (χ2n) is 4.73. The number of hydrogen-bond donors (Lipinski definition) is 3. The predicted octanol–water partition coefficient (Wildman–Crippen LogP) is 0.928. The van der Waals surface area contributed by atoms with Gasteiger partial charge in [-0.1, -0.05) is 0 Å². The minimum Gasteiger partial charge on any atom is -0.383 e. The number of carbonyl (C=O) groups excluding carboxylic acids is 2. The van der Waals surface area contributed by atoms with Crippen LogP contribution in [0.25, 0.3) is 0 Å². The van der Waals surface area contributed by atoms with Gasteiger partial charge in [0.25, 0.3) is 5.91 Å². The van der Waals surface area contributed by atoms with Crippen LogP contribution in [0.3, 0.4) is 0 Å². The van der Waals surface area contributed by atoms with Crippen molar-refractivity contribution in [2.75, 3.05) is 19.3 Å². The molecule has 1 rings (SSSR count). The lowest BCUT2D eigenvalue weighted by atomic mass is 9.92. The molecule has 0 radical (unpaired) electrons. The van der Waals surface area contributed by atoms with Crippen molar-refractivity contribution in [2.45, 2.75) is 13.8 Å². The third-order valence-electron chi connectivity index (χ3n) is 2.66. The summed E-state index contributed by atoms with van der Waals surface area (Å²) in [7, 11) is 1.56. The Balaban J connectivity index is 2.76. The molecule has 0 bridgehead atoms. The molecular weight excluding hydrogens is 312 g/mol. The highest BCUT2D eigenvalue weighted by molar-refractivity contribution is 9.10. The summed E-state index contributed by atoms with van der Waals surface area (Å²) >= 11 is 3.23. The van der Waals surface area contributed by atoms with Crippen LogP contribution >= 0.6 is 15.9 Å². The van der Waals surface area contributed by atoms with Crippen molar-refractivity contribution in [1.29, 1.82) is 0 Å². The maximum atomic E-state index is 12.0. The molecule has 1 aromatic rings. The third kappa shape index (κ3) is 3.92. The molecule has 0 atom stereocenters. The summed E-state index contributed by atoms with van der Waals surface area (Å²) in [6.07, 6.45) is 1.51. The van der Waals surface area contributed by atoms with E-state index in [9.17, 15) is 9.59 Å². The van der Waals surface area contributed by atoms with Crippen LogP contribution in [-0.2, 0) is 4.79 Å².